The average Bonchev–Trinajstić information content (AvgIpc) is 2.38. The van der Waals surface area contributed by atoms with E-state index < -0.39 is 0 Å². The van der Waals surface area contributed by atoms with Crippen LogP contribution < -0.4 is 20.5 Å². The summed E-state index contributed by atoms with van der Waals surface area (Å²) in [7, 11) is 3.28. The minimum absolute atomic E-state index is 0.496. The van der Waals surface area contributed by atoms with Gasteiger partial charge >= 0.3 is 0 Å². The number of nitrogens with two attached hydrogens (primary N) is 1. The fraction of sp³-hybridized carbons (Fsp3) is 0.538. The van der Waals surface area contributed by atoms with E-state index in [0.717, 1.165) is 24.6 Å². The maximum absolute atomic E-state index is 5.56. The lowest BCUT2D eigenvalue weighted by Crippen LogP contribution is -2.25. The summed E-state index contributed by atoms with van der Waals surface area (Å²) in [4.78, 5) is 0. The van der Waals surface area contributed by atoms with Crippen LogP contribution in [0.3, 0.4) is 0 Å². The van der Waals surface area contributed by atoms with Crippen molar-refractivity contribution in [3.8, 4) is 11.5 Å². The quantitative estimate of drug-likeness (QED) is 0.753. The van der Waals surface area contributed by atoms with Crippen molar-refractivity contribution < 1.29 is 9.47 Å². The Labute approximate surface area is 103 Å². The molecule has 96 valence electrons. The standard InChI is InChI=1S/C13H22N2O2/c1-10(7-14)8-15-9-11-4-5-12(16-2)13(6-11)17-3/h4-6,10,15H,7-9,14H2,1-3H3. The second-order valence-electron chi connectivity index (χ2n) is 4.16. The first-order valence-corrected chi connectivity index (χ1v) is 5.83. The normalized spacial score (nSPS) is 12.2. The molecule has 1 aromatic carbocycles. The zero-order valence-corrected chi connectivity index (χ0v) is 10.8. The van der Waals surface area contributed by atoms with E-state index in [9.17, 15) is 0 Å². The van der Waals surface area contributed by atoms with Crippen molar-refractivity contribution in [2.45, 2.75) is 13.5 Å². The van der Waals surface area contributed by atoms with Gasteiger partial charge in [-0.2, -0.15) is 0 Å². The zero-order valence-electron chi connectivity index (χ0n) is 10.8. The number of nitrogens with one attached hydrogen (secondary N) is 1. The van der Waals surface area contributed by atoms with Gasteiger partial charge in [-0.3, -0.25) is 0 Å². The van der Waals surface area contributed by atoms with E-state index in [1.165, 1.54) is 5.56 Å². The third-order valence-corrected chi connectivity index (χ3v) is 2.67. The minimum atomic E-state index is 0.496. The van der Waals surface area contributed by atoms with Crippen LogP contribution in [-0.4, -0.2) is 27.3 Å². The van der Waals surface area contributed by atoms with E-state index in [4.69, 9.17) is 15.2 Å². The van der Waals surface area contributed by atoms with E-state index in [1.807, 2.05) is 18.2 Å². The Hall–Kier alpha value is -1.26. The third-order valence-electron chi connectivity index (χ3n) is 2.67. The lowest BCUT2D eigenvalue weighted by atomic mass is 10.1. The number of methoxy groups -OCH3 is 2. The van der Waals surface area contributed by atoms with Crippen LogP contribution in [0.4, 0.5) is 0 Å². The molecule has 0 spiro atoms. The molecule has 4 heteroatoms. The summed E-state index contributed by atoms with van der Waals surface area (Å²) in [5.41, 5.74) is 6.73. The van der Waals surface area contributed by atoms with Crippen LogP contribution in [0.25, 0.3) is 0 Å². The highest BCUT2D eigenvalue weighted by atomic mass is 16.5. The van der Waals surface area contributed by atoms with Gasteiger partial charge < -0.3 is 20.5 Å². The van der Waals surface area contributed by atoms with Gasteiger partial charge in [-0.05, 0) is 36.7 Å². The molecule has 0 aliphatic rings. The fourth-order valence-corrected chi connectivity index (χ4v) is 1.54. The van der Waals surface area contributed by atoms with E-state index in [2.05, 4.69) is 12.2 Å². The molecule has 3 N–H and O–H groups in total. The van der Waals surface area contributed by atoms with E-state index in [1.54, 1.807) is 14.2 Å². The van der Waals surface area contributed by atoms with Gasteiger partial charge in [-0.15, -0.1) is 0 Å². The molecule has 0 bridgehead atoms. The summed E-state index contributed by atoms with van der Waals surface area (Å²) < 4.78 is 10.4. The Morgan fingerprint density at radius 2 is 1.94 bits per heavy atom. The predicted octanol–water partition coefficient (Wildman–Crippen LogP) is 1.39. The molecular weight excluding hydrogens is 216 g/mol. The smallest absolute Gasteiger partial charge is 0.161 e. The Bertz CT molecular complexity index is 342. The summed E-state index contributed by atoms with van der Waals surface area (Å²) >= 11 is 0. The Morgan fingerprint density at radius 1 is 1.24 bits per heavy atom. The Balaban J connectivity index is 2.54. The molecule has 0 radical (unpaired) electrons. The molecular formula is C13H22N2O2. The largest absolute Gasteiger partial charge is 0.493 e. The van der Waals surface area contributed by atoms with E-state index in [0.29, 0.717) is 12.5 Å². The van der Waals surface area contributed by atoms with Gasteiger partial charge in [0.15, 0.2) is 11.5 Å². The van der Waals surface area contributed by atoms with Crippen LogP contribution in [0, 0.1) is 5.92 Å². The molecule has 4 nitrogen and oxygen atoms in total. The van der Waals surface area contributed by atoms with Crippen LogP contribution in [0.15, 0.2) is 18.2 Å². The molecule has 1 rings (SSSR count). The first kappa shape index (κ1) is 13.8. The lowest BCUT2D eigenvalue weighted by molar-refractivity contribution is 0.354. The molecule has 0 saturated heterocycles. The summed E-state index contributed by atoms with van der Waals surface area (Å²) in [6.07, 6.45) is 0. The van der Waals surface area contributed by atoms with Crippen LogP contribution in [-0.2, 0) is 6.54 Å². The first-order valence-electron chi connectivity index (χ1n) is 5.83. The van der Waals surface area contributed by atoms with Crippen LogP contribution in [0.5, 0.6) is 11.5 Å². The highest BCUT2D eigenvalue weighted by Crippen LogP contribution is 2.27. The number of hydrogen-bond donors (Lipinski definition) is 2. The molecule has 0 saturated carbocycles. The second kappa shape index (κ2) is 7.14. The van der Waals surface area contributed by atoms with Crippen molar-refractivity contribution in [2.24, 2.45) is 11.7 Å². The molecule has 0 aromatic heterocycles. The monoisotopic (exact) mass is 238 g/mol. The second-order valence-corrected chi connectivity index (χ2v) is 4.16. The van der Waals surface area contributed by atoms with Gasteiger partial charge in [0.2, 0.25) is 0 Å². The molecule has 1 aromatic rings. The SMILES string of the molecule is COc1ccc(CNCC(C)CN)cc1OC. The van der Waals surface area contributed by atoms with Crippen molar-refractivity contribution in [3.63, 3.8) is 0 Å². The topological polar surface area (TPSA) is 56.5 Å². The average molecular weight is 238 g/mol. The number of ether oxygens (including phenoxy) is 2. The van der Waals surface area contributed by atoms with Crippen molar-refractivity contribution in [3.05, 3.63) is 23.8 Å². The van der Waals surface area contributed by atoms with Crippen LogP contribution in [0.1, 0.15) is 12.5 Å². The highest BCUT2D eigenvalue weighted by molar-refractivity contribution is 5.42. The van der Waals surface area contributed by atoms with Gasteiger partial charge in [0.1, 0.15) is 0 Å². The molecule has 1 atom stereocenters. The van der Waals surface area contributed by atoms with Crippen molar-refractivity contribution in [1.29, 1.82) is 0 Å². The molecule has 0 amide bonds. The summed E-state index contributed by atoms with van der Waals surface area (Å²) in [5.74, 6) is 2.01. The number of hydrogen-bond acceptors (Lipinski definition) is 4. The van der Waals surface area contributed by atoms with Crippen molar-refractivity contribution in [1.82, 2.24) is 5.32 Å². The van der Waals surface area contributed by atoms with E-state index in [-0.39, 0.29) is 0 Å². The number of rotatable bonds is 7. The first-order chi connectivity index (χ1) is 8.21. The maximum atomic E-state index is 5.56. The van der Waals surface area contributed by atoms with Crippen molar-refractivity contribution in [2.75, 3.05) is 27.3 Å². The highest BCUT2D eigenvalue weighted by Gasteiger charge is 2.04. The summed E-state index contributed by atoms with van der Waals surface area (Å²) in [6.45, 7) is 4.57. The van der Waals surface area contributed by atoms with Gasteiger partial charge in [0, 0.05) is 6.54 Å². The Kier molecular flexibility index (Phi) is 5.80. The van der Waals surface area contributed by atoms with E-state index >= 15 is 0 Å². The molecule has 0 heterocycles. The molecule has 0 aliphatic carbocycles. The molecule has 0 aliphatic heterocycles. The molecule has 1 unspecified atom stereocenters. The lowest BCUT2D eigenvalue weighted by Gasteiger charge is -2.12. The van der Waals surface area contributed by atoms with Gasteiger partial charge in [0.05, 0.1) is 14.2 Å². The minimum Gasteiger partial charge on any atom is -0.493 e. The van der Waals surface area contributed by atoms with Crippen LogP contribution >= 0.6 is 0 Å². The number of benzene rings is 1. The van der Waals surface area contributed by atoms with Crippen LogP contribution in [0.2, 0.25) is 0 Å². The summed E-state index contributed by atoms with van der Waals surface area (Å²) in [5, 5.41) is 3.36. The van der Waals surface area contributed by atoms with Gasteiger partial charge in [-0.25, -0.2) is 0 Å². The van der Waals surface area contributed by atoms with Gasteiger partial charge in [0.25, 0.3) is 0 Å². The molecule has 0 fully saturated rings. The molecule has 17 heavy (non-hydrogen) atoms. The summed E-state index contributed by atoms with van der Waals surface area (Å²) in [6, 6.07) is 5.93. The third kappa shape index (κ3) is 4.24. The van der Waals surface area contributed by atoms with Crippen molar-refractivity contribution >= 4 is 0 Å². The van der Waals surface area contributed by atoms with Gasteiger partial charge in [-0.1, -0.05) is 13.0 Å². The fourth-order valence-electron chi connectivity index (χ4n) is 1.54. The predicted molar refractivity (Wildman–Crippen MR) is 69.5 cm³/mol. The Morgan fingerprint density at radius 3 is 2.53 bits per heavy atom. The maximum Gasteiger partial charge on any atom is 0.161 e. The zero-order chi connectivity index (χ0) is 12.7.